The Labute approximate surface area is 138 Å². The van der Waals surface area contributed by atoms with E-state index in [9.17, 15) is 4.79 Å². The number of amides is 1. The van der Waals surface area contributed by atoms with Crippen molar-refractivity contribution in [3.05, 3.63) is 54.4 Å². The largest absolute Gasteiger partial charge is 0.340 e. The average molecular weight is 314 g/mol. The quantitative estimate of drug-likeness (QED) is 0.710. The van der Waals surface area contributed by atoms with Crippen molar-refractivity contribution in [3.63, 3.8) is 0 Å². The highest BCUT2D eigenvalue weighted by atomic mass is 16.2. The molecule has 1 heterocycles. The summed E-state index contributed by atoms with van der Waals surface area (Å²) in [7, 11) is 4.06. The Bertz CT molecular complexity index is 566. The van der Waals surface area contributed by atoms with Crippen LogP contribution >= 0.6 is 0 Å². The topological polar surface area (TPSA) is 41.4 Å². The van der Waals surface area contributed by atoms with Gasteiger partial charge in [0.15, 0.2) is 0 Å². The standard InChI is InChI=1S/C18H26N4O/c1-20(2)14-15-21(18(23)16-22-13-7-11-19-22)12-6-10-17-8-4-3-5-9-17/h3-5,7-9,11,13H,6,10,12,14-16H2,1-2H3. The molecule has 0 saturated carbocycles. The smallest absolute Gasteiger partial charge is 0.244 e. The SMILES string of the molecule is CN(C)CCN(CCCc1ccccc1)C(=O)Cn1cccn1. The molecule has 0 N–H and O–H groups in total. The van der Waals surface area contributed by atoms with Crippen molar-refractivity contribution < 1.29 is 4.79 Å². The Morgan fingerprint density at radius 1 is 1.09 bits per heavy atom. The van der Waals surface area contributed by atoms with Gasteiger partial charge in [0.1, 0.15) is 6.54 Å². The molecule has 0 radical (unpaired) electrons. The van der Waals surface area contributed by atoms with Gasteiger partial charge in [-0.25, -0.2) is 0 Å². The van der Waals surface area contributed by atoms with Crippen LogP contribution in [0.2, 0.25) is 0 Å². The zero-order valence-corrected chi connectivity index (χ0v) is 14.1. The lowest BCUT2D eigenvalue weighted by Gasteiger charge is -2.24. The Hall–Kier alpha value is -2.14. The molecule has 1 aromatic heterocycles. The Morgan fingerprint density at radius 2 is 1.87 bits per heavy atom. The van der Waals surface area contributed by atoms with Gasteiger partial charge in [-0.05, 0) is 38.6 Å². The molecule has 0 fully saturated rings. The zero-order chi connectivity index (χ0) is 16.5. The summed E-state index contributed by atoms with van der Waals surface area (Å²) in [6.07, 6.45) is 5.50. The van der Waals surface area contributed by atoms with Gasteiger partial charge in [-0.2, -0.15) is 5.10 Å². The van der Waals surface area contributed by atoms with Crippen molar-refractivity contribution in [1.82, 2.24) is 19.6 Å². The molecule has 5 nitrogen and oxygen atoms in total. The zero-order valence-electron chi connectivity index (χ0n) is 14.1. The number of aromatic nitrogens is 2. The van der Waals surface area contributed by atoms with E-state index in [0.29, 0.717) is 6.54 Å². The first-order valence-electron chi connectivity index (χ1n) is 8.09. The van der Waals surface area contributed by atoms with Gasteiger partial charge in [-0.3, -0.25) is 9.48 Å². The molecular formula is C18H26N4O. The fourth-order valence-corrected chi connectivity index (χ4v) is 2.43. The van der Waals surface area contributed by atoms with Gasteiger partial charge in [0.05, 0.1) is 0 Å². The van der Waals surface area contributed by atoms with Gasteiger partial charge >= 0.3 is 0 Å². The number of likely N-dealkylation sites (N-methyl/N-ethyl adjacent to an activating group) is 1. The van der Waals surface area contributed by atoms with Crippen molar-refractivity contribution in [2.24, 2.45) is 0 Å². The molecule has 0 aliphatic rings. The van der Waals surface area contributed by atoms with Crippen LogP contribution in [0.1, 0.15) is 12.0 Å². The highest BCUT2D eigenvalue weighted by Gasteiger charge is 2.14. The Balaban J connectivity index is 1.86. The van der Waals surface area contributed by atoms with Gasteiger partial charge in [0, 0.05) is 32.0 Å². The third-order valence-electron chi connectivity index (χ3n) is 3.76. The minimum absolute atomic E-state index is 0.128. The number of carbonyl (C=O) groups is 1. The van der Waals surface area contributed by atoms with Crippen molar-refractivity contribution in [2.75, 3.05) is 33.7 Å². The molecule has 0 saturated heterocycles. The van der Waals surface area contributed by atoms with E-state index in [4.69, 9.17) is 0 Å². The number of carbonyl (C=O) groups excluding carboxylic acids is 1. The molecule has 23 heavy (non-hydrogen) atoms. The van der Waals surface area contributed by atoms with E-state index >= 15 is 0 Å². The van der Waals surface area contributed by atoms with Gasteiger partial charge in [-0.15, -0.1) is 0 Å². The molecule has 2 rings (SSSR count). The second kappa shape index (κ2) is 9.10. The lowest BCUT2D eigenvalue weighted by atomic mass is 10.1. The Kier molecular flexibility index (Phi) is 6.81. The summed E-state index contributed by atoms with van der Waals surface area (Å²) in [6.45, 7) is 2.71. The summed E-state index contributed by atoms with van der Waals surface area (Å²) in [5.41, 5.74) is 1.32. The molecule has 0 aliphatic heterocycles. The summed E-state index contributed by atoms with van der Waals surface area (Å²) >= 11 is 0. The second-order valence-electron chi connectivity index (χ2n) is 5.98. The molecule has 1 aromatic carbocycles. The first-order valence-corrected chi connectivity index (χ1v) is 8.09. The van der Waals surface area contributed by atoms with E-state index in [1.165, 1.54) is 5.56 Å². The number of hydrogen-bond donors (Lipinski definition) is 0. The van der Waals surface area contributed by atoms with E-state index in [0.717, 1.165) is 32.5 Å². The van der Waals surface area contributed by atoms with Gasteiger partial charge in [0.2, 0.25) is 5.91 Å². The highest BCUT2D eigenvalue weighted by molar-refractivity contribution is 5.75. The molecule has 0 atom stereocenters. The summed E-state index contributed by atoms with van der Waals surface area (Å²) < 4.78 is 1.68. The highest BCUT2D eigenvalue weighted by Crippen LogP contribution is 2.05. The number of benzene rings is 1. The molecule has 0 aliphatic carbocycles. The first-order chi connectivity index (χ1) is 11.1. The van der Waals surface area contributed by atoms with Crippen LogP contribution < -0.4 is 0 Å². The first kappa shape index (κ1) is 17.2. The molecule has 124 valence electrons. The monoisotopic (exact) mass is 314 g/mol. The normalized spacial score (nSPS) is 10.9. The number of nitrogens with zero attached hydrogens (tertiary/aromatic N) is 4. The van der Waals surface area contributed by atoms with Crippen LogP contribution in [0.4, 0.5) is 0 Å². The van der Waals surface area contributed by atoms with Crippen LogP contribution in [0.5, 0.6) is 0 Å². The summed E-state index contributed by atoms with van der Waals surface area (Å²) in [6, 6.07) is 12.3. The fraction of sp³-hybridized carbons (Fsp3) is 0.444. The van der Waals surface area contributed by atoms with E-state index in [1.54, 1.807) is 10.9 Å². The van der Waals surface area contributed by atoms with Gasteiger partial charge < -0.3 is 9.80 Å². The molecule has 5 heteroatoms. The van der Waals surface area contributed by atoms with Crippen LogP contribution in [-0.2, 0) is 17.8 Å². The third-order valence-corrected chi connectivity index (χ3v) is 3.76. The van der Waals surface area contributed by atoms with Crippen molar-refractivity contribution in [1.29, 1.82) is 0 Å². The second-order valence-corrected chi connectivity index (χ2v) is 5.98. The van der Waals surface area contributed by atoms with Crippen molar-refractivity contribution >= 4 is 5.91 Å². The van der Waals surface area contributed by atoms with Gasteiger partial charge in [0.25, 0.3) is 0 Å². The van der Waals surface area contributed by atoms with E-state index in [2.05, 4.69) is 34.3 Å². The maximum atomic E-state index is 12.5. The van der Waals surface area contributed by atoms with Crippen molar-refractivity contribution in [3.8, 4) is 0 Å². The fourth-order valence-electron chi connectivity index (χ4n) is 2.43. The lowest BCUT2D eigenvalue weighted by Crippen LogP contribution is -2.39. The predicted octanol–water partition coefficient (Wildman–Crippen LogP) is 1.91. The Morgan fingerprint density at radius 3 is 2.52 bits per heavy atom. The summed E-state index contributed by atoms with van der Waals surface area (Å²) in [5, 5.41) is 4.12. The minimum atomic E-state index is 0.128. The number of rotatable bonds is 9. The number of aryl methyl sites for hydroxylation is 1. The number of hydrogen-bond acceptors (Lipinski definition) is 3. The van der Waals surface area contributed by atoms with Crippen LogP contribution in [0, 0.1) is 0 Å². The van der Waals surface area contributed by atoms with Gasteiger partial charge in [-0.1, -0.05) is 30.3 Å². The third kappa shape index (κ3) is 6.24. The van der Waals surface area contributed by atoms with Crippen LogP contribution in [0.15, 0.2) is 48.8 Å². The molecule has 0 bridgehead atoms. The lowest BCUT2D eigenvalue weighted by molar-refractivity contribution is -0.132. The maximum absolute atomic E-state index is 12.5. The van der Waals surface area contributed by atoms with E-state index in [1.807, 2.05) is 37.3 Å². The van der Waals surface area contributed by atoms with E-state index in [-0.39, 0.29) is 5.91 Å². The van der Waals surface area contributed by atoms with Crippen molar-refractivity contribution in [2.45, 2.75) is 19.4 Å². The summed E-state index contributed by atoms with van der Waals surface area (Å²) in [5.74, 6) is 0.128. The average Bonchev–Trinajstić information content (AvgIpc) is 3.04. The summed E-state index contributed by atoms with van der Waals surface area (Å²) in [4.78, 5) is 16.6. The van der Waals surface area contributed by atoms with Crippen LogP contribution in [0.3, 0.4) is 0 Å². The molecule has 2 aromatic rings. The minimum Gasteiger partial charge on any atom is -0.340 e. The van der Waals surface area contributed by atoms with Crippen LogP contribution in [-0.4, -0.2) is 59.2 Å². The molecule has 0 spiro atoms. The molecule has 1 amide bonds. The molecule has 0 unspecified atom stereocenters. The van der Waals surface area contributed by atoms with Crippen LogP contribution in [0.25, 0.3) is 0 Å². The predicted molar refractivity (Wildman–Crippen MR) is 92.1 cm³/mol. The maximum Gasteiger partial charge on any atom is 0.244 e. The van der Waals surface area contributed by atoms with E-state index < -0.39 is 0 Å². The molecular weight excluding hydrogens is 288 g/mol.